The third-order valence-electron chi connectivity index (χ3n) is 5.19. The van der Waals surface area contributed by atoms with Crippen molar-refractivity contribution in [2.24, 2.45) is 5.92 Å². The van der Waals surface area contributed by atoms with Crippen molar-refractivity contribution in [2.45, 2.75) is 31.7 Å². The van der Waals surface area contributed by atoms with Gasteiger partial charge in [-0.1, -0.05) is 30.3 Å². The molecule has 2 aliphatic rings. The molecule has 2 heterocycles. The average molecular weight is 351 g/mol. The van der Waals surface area contributed by atoms with E-state index in [4.69, 9.17) is 0 Å². The Morgan fingerprint density at radius 1 is 1.12 bits per heavy atom. The van der Waals surface area contributed by atoms with Crippen LogP contribution in [0.25, 0.3) is 0 Å². The summed E-state index contributed by atoms with van der Waals surface area (Å²) < 4.78 is 22.9. The van der Waals surface area contributed by atoms with E-state index in [1.807, 2.05) is 6.07 Å². The van der Waals surface area contributed by atoms with Gasteiger partial charge in [0.05, 0.1) is 24.6 Å². The number of rotatable bonds is 5. The zero-order valence-electron chi connectivity index (χ0n) is 14.0. The minimum atomic E-state index is -2.93. The van der Waals surface area contributed by atoms with E-state index < -0.39 is 9.84 Å². The minimum Gasteiger partial charge on any atom is -0.347 e. The van der Waals surface area contributed by atoms with Crippen LogP contribution in [0.1, 0.15) is 24.8 Å². The van der Waals surface area contributed by atoms with Crippen LogP contribution in [-0.4, -0.2) is 51.5 Å². The number of benzene rings is 1. The molecule has 2 N–H and O–H groups in total. The van der Waals surface area contributed by atoms with Crippen LogP contribution >= 0.6 is 0 Å². The third kappa shape index (κ3) is 5.05. The molecule has 5 nitrogen and oxygen atoms in total. The zero-order valence-corrected chi connectivity index (χ0v) is 14.9. The van der Waals surface area contributed by atoms with Gasteiger partial charge < -0.3 is 10.2 Å². The summed E-state index contributed by atoms with van der Waals surface area (Å²) in [6.07, 6.45) is 3.98. The van der Waals surface area contributed by atoms with Crippen molar-refractivity contribution in [2.75, 3.05) is 31.1 Å². The summed E-state index contributed by atoms with van der Waals surface area (Å²) in [5.74, 6) is 1.01. The molecule has 1 atom stereocenters. The Bertz CT molecular complexity index is 652. The van der Waals surface area contributed by atoms with Crippen molar-refractivity contribution >= 4 is 15.7 Å². The average Bonchev–Trinajstić information content (AvgIpc) is 2.89. The molecule has 0 aliphatic carbocycles. The molecule has 2 saturated heterocycles. The first-order valence-electron chi connectivity index (χ1n) is 8.87. The zero-order chi connectivity index (χ0) is 17.0. The molecule has 0 unspecified atom stereocenters. The lowest BCUT2D eigenvalue weighted by atomic mass is 9.90. The maximum atomic E-state index is 12.1. The van der Waals surface area contributed by atoms with Gasteiger partial charge in [-0.05, 0) is 37.2 Å². The Labute approximate surface area is 144 Å². The molecule has 24 heavy (non-hydrogen) atoms. The topological polar surface area (TPSA) is 67.7 Å². The van der Waals surface area contributed by atoms with E-state index >= 15 is 0 Å². The number of piperidine rings is 1. The second-order valence-corrected chi connectivity index (χ2v) is 9.46. The van der Waals surface area contributed by atoms with E-state index in [0.29, 0.717) is 18.9 Å². The molecule has 1 aromatic rings. The van der Waals surface area contributed by atoms with Gasteiger partial charge in [0.2, 0.25) is 0 Å². The normalized spacial score (nSPS) is 29.2. The van der Waals surface area contributed by atoms with Crippen LogP contribution in [0.4, 0.5) is 0 Å². The SMILES string of the molecule is O=C(C[NH+]1CCC(Cc2ccccc2)CC1)N[C@H]1CCS(=O)(=O)C1. The summed E-state index contributed by atoms with van der Waals surface area (Å²) in [7, 11) is -2.93. The fraction of sp³-hybridized carbons (Fsp3) is 0.611. The van der Waals surface area contributed by atoms with Crippen LogP contribution in [0, 0.1) is 5.92 Å². The highest BCUT2D eigenvalue weighted by Gasteiger charge is 2.30. The van der Waals surface area contributed by atoms with Crippen LogP contribution in [0.5, 0.6) is 0 Å². The molecule has 3 rings (SSSR count). The van der Waals surface area contributed by atoms with Crippen LogP contribution in [0.3, 0.4) is 0 Å². The lowest BCUT2D eigenvalue weighted by molar-refractivity contribution is -0.898. The summed E-state index contributed by atoms with van der Waals surface area (Å²) in [5, 5.41) is 2.89. The summed E-state index contributed by atoms with van der Waals surface area (Å²) in [6.45, 7) is 2.51. The lowest BCUT2D eigenvalue weighted by Crippen LogP contribution is -3.14. The van der Waals surface area contributed by atoms with E-state index in [9.17, 15) is 13.2 Å². The van der Waals surface area contributed by atoms with Crippen molar-refractivity contribution in [1.82, 2.24) is 5.32 Å². The van der Waals surface area contributed by atoms with Crippen molar-refractivity contribution in [3.8, 4) is 0 Å². The first-order valence-corrected chi connectivity index (χ1v) is 10.7. The molecular formula is C18H27N2O3S+. The fourth-order valence-corrected chi connectivity index (χ4v) is 5.50. The van der Waals surface area contributed by atoms with Crippen LogP contribution in [0.2, 0.25) is 0 Å². The first kappa shape index (κ1) is 17.4. The van der Waals surface area contributed by atoms with Crippen molar-refractivity contribution in [3.63, 3.8) is 0 Å². The summed E-state index contributed by atoms with van der Waals surface area (Å²) in [5.41, 5.74) is 1.39. The Morgan fingerprint density at radius 2 is 1.83 bits per heavy atom. The van der Waals surface area contributed by atoms with Crippen molar-refractivity contribution in [1.29, 1.82) is 0 Å². The number of likely N-dealkylation sites (tertiary alicyclic amines) is 1. The highest BCUT2D eigenvalue weighted by molar-refractivity contribution is 7.91. The Hall–Kier alpha value is -1.40. The monoisotopic (exact) mass is 351 g/mol. The predicted molar refractivity (Wildman–Crippen MR) is 93.6 cm³/mol. The standard InChI is InChI=1S/C18H26N2O3S/c21-18(19-17-8-11-24(22,23)14-17)13-20-9-6-16(7-10-20)12-15-4-2-1-3-5-15/h1-5,16-17H,6-14H2,(H,19,21)/p+1/t17-/m0/s1. The number of hydrogen-bond donors (Lipinski definition) is 2. The van der Waals surface area contributed by atoms with E-state index in [1.165, 1.54) is 10.5 Å². The van der Waals surface area contributed by atoms with Gasteiger partial charge in [0.15, 0.2) is 16.4 Å². The Balaban J connectivity index is 1.38. The molecule has 0 bridgehead atoms. The quantitative estimate of drug-likeness (QED) is 0.774. The maximum Gasteiger partial charge on any atom is 0.275 e. The van der Waals surface area contributed by atoms with E-state index in [2.05, 4.69) is 29.6 Å². The van der Waals surface area contributed by atoms with Gasteiger partial charge in [0.1, 0.15) is 0 Å². The molecule has 132 valence electrons. The summed E-state index contributed by atoms with van der Waals surface area (Å²) in [4.78, 5) is 13.4. The first-order chi connectivity index (χ1) is 11.5. The molecule has 1 aromatic carbocycles. The van der Waals surface area contributed by atoms with Gasteiger partial charge in [-0.25, -0.2) is 8.42 Å². The number of carbonyl (C=O) groups excluding carboxylic acids is 1. The molecule has 2 fully saturated rings. The van der Waals surface area contributed by atoms with Gasteiger partial charge in [-0.15, -0.1) is 0 Å². The largest absolute Gasteiger partial charge is 0.347 e. The molecule has 0 aromatic heterocycles. The number of nitrogens with one attached hydrogen (secondary N) is 2. The fourth-order valence-electron chi connectivity index (χ4n) is 3.83. The molecule has 0 radical (unpaired) electrons. The molecule has 2 aliphatic heterocycles. The van der Waals surface area contributed by atoms with Crippen molar-refractivity contribution < 1.29 is 18.1 Å². The van der Waals surface area contributed by atoms with E-state index in [1.54, 1.807) is 0 Å². The van der Waals surface area contributed by atoms with E-state index in [0.717, 1.165) is 32.4 Å². The predicted octanol–water partition coefficient (Wildman–Crippen LogP) is -0.173. The smallest absolute Gasteiger partial charge is 0.275 e. The maximum absolute atomic E-state index is 12.1. The molecule has 0 spiro atoms. The van der Waals surface area contributed by atoms with Gasteiger partial charge in [0.25, 0.3) is 5.91 Å². The molecule has 6 heteroatoms. The molecular weight excluding hydrogens is 324 g/mol. The van der Waals surface area contributed by atoms with Gasteiger partial charge >= 0.3 is 0 Å². The molecule has 1 amide bonds. The number of carbonyl (C=O) groups is 1. The summed E-state index contributed by atoms with van der Waals surface area (Å²) >= 11 is 0. The lowest BCUT2D eigenvalue weighted by Gasteiger charge is -2.29. The highest BCUT2D eigenvalue weighted by Crippen LogP contribution is 2.16. The Morgan fingerprint density at radius 3 is 2.46 bits per heavy atom. The van der Waals surface area contributed by atoms with Gasteiger partial charge in [0, 0.05) is 6.04 Å². The van der Waals surface area contributed by atoms with Crippen molar-refractivity contribution in [3.05, 3.63) is 35.9 Å². The second kappa shape index (κ2) is 7.66. The second-order valence-electron chi connectivity index (χ2n) is 7.23. The summed E-state index contributed by atoms with van der Waals surface area (Å²) in [6, 6.07) is 10.4. The van der Waals surface area contributed by atoms with Gasteiger partial charge in [-0.3, -0.25) is 4.79 Å². The number of amides is 1. The number of sulfone groups is 1. The van der Waals surface area contributed by atoms with Crippen LogP contribution < -0.4 is 10.2 Å². The Kier molecular flexibility index (Phi) is 5.56. The van der Waals surface area contributed by atoms with E-state index in [-0.39, 0.29) is 23.5 Å². The number of hydrogen-bond acceptors (Lipinski definition) is 3. The highest BCUT2D eigenvalue weighted by atomic mass is 32.2. The van der Waals surface area contributed by atoms with Crippen LogP contribution in [0.15, 0.2) is 30.3 Å². The van der Waals surface area contributed by atoms with Gasteiger partial charge in [-0.2, -0.15) is 0 Å². The third-order valence-corrected chi connectivity index (χ3v) is 6.96. The number of quaternary nitrogens is 1. The molecule has 0 saturated carbocycles. The minimum absolute atomic E-state index is 0.00592. The van der Waals surface area contributed by atoms with Crippen LogP contribution in [-0.2, 0) is 21.1 Å².